The van der Waals surface area contributed by atoms with Gasteiger partial charge in [-0.3, -0.25) is 9.59 Å². The van der Waals surface area contributed by atoms with E-state index in [1.807, 2.05) is 34.6 Å². The van der Waals surface area contributed by atoms with E-state index in [0.717, 1.165) is 19.3 Å². The van der Waals surface area contributed by atoms with Crippen molar-refractivity contribution in [2.24, 2.45) is 11.7 Å². The summed E-state index contributed by atoms with van der Waals surface area (Å²) in [5, 5.41) is 2.85. The molecule has 0 aliphatic heterocycles. The molecule has 0 bridgehead atoms. The molecule has 0 saturated carbocycles. The van der Waals surface area contributed by atoms with Crippen LogP contribution < -0.4 is 11.1 Å². The monoisotopic (exact) mass is 285 g/mol. The molecule has 0 radical (unpaired) electrons. The van der Waals surface area contributed by atoms with Gasteiger partial charge in [-0.1, -0.05) is 13.3 Å². The largest absolute Gasteiger partial charge is 0.350 e. The molecule has 20 heavy (non-hydrogen) atoms. The highest BCUT2D eigenvalue weighted by Gasteiger charge is 2.21. The lowest BCUT2D eigenvalue weighted by molar-refractivity contribution is -0.138. The summed E-state index contributed by atoms with van der Waals surface area (Å²) < 4.78 is 0. The average Bonchev–Trinajstić information content (AvgIpc) is 2.24. The molecule has 2 amide bonds. The van der Waals surface area contributed by atoms with Gasteiger partial charge >= 0.3 is 0 Å². The average molecular weight is 285 g/mol. The number of carbonyl (C=O) groups is 2. The van der Waals surface area contributed by atoms with Gasteiger partial charge in [0.25, 0.3) is 0 Å². The van der Waals surface area contributed by atoms with E-state index in [1.54, 1.807) is 7.05 Å². The maximum Gasteiger partial charge on any atom is 0.240 e. The van der Waals surface area contributed by atoms with Crippen LogP contribution in [0, 0.1) is 5.92 Å². The lowest BCUT2D eigenvalue weighted by Gasteiger charge is -2.25. The first-order chi connectivity index (χ1) is 9.03. The molecule has 3 N–H and O–H groups in total. The molecule has 0 aromatic heterocycles. The van der Waals surface area contributed by atoms with E-state index in [0.29, 0.717) is 0 Å². The number of nitrogens with zero attached hydrogens (tertiary/aromatic N) is 1. The zero-order valence-corrected chi connectivity index (χ0v) is 13.8. The third-order valence-corrected chi connectivity index (χ3v) is 2.99. The van der Waals surface area contributed by atoms with Gasteiger partial charge in [-0.05, 0) is 40.5 Å². The Labute approximate surface area is 123 Å². The van der Waals surface area contributed by atoms with Crippen LogP contribution in [0.2, 0.25) is 0 Å². The number of hydrogen-bond donors (Lipinski definition) is 2. The van der Waals surface area contributed by atoms with Gasteiger partial charge in [0, 0.05) is 24.5 Å². The van der Waals surface area contributed by atoms with Crippen LogP contribution in [0.15, 0.2) is 0 Å². The summed E-state index contributed by atoms with van der Waals surface area (Å²) in [5.74, 6) is -0.184. The zero-order valence-electron chi connectivity index (χ0n) is 13.8. The Morgan fingerprint density at radius 2 is 1.75 bits per heavy atom. The highest BCUT2D eigenvalue weighted by atomic mass is 16.2. The molecule has 5 nitrogen and oxygen atoms in total. The number of hydrogen-bond acceptors (Lipinski definition) is 3. The van der Waals surface area contributed by atoms with E-state index in [9.17, 15) is 9.59 Å². The van der Waals surface area contributed by atoms with Crippen LogP contribution in [0.25, 0.3) is 0 Å². The Kier molecular flexibility index (Phi) is 7.79. The summed E-state index contributed by atoms with van der Waals surface area (Å²) in [6.45, 7) is 9.74. The van der Waals surface area contributed by atoms with Crippen LogP contribution >= 0.6 is 0 Å². The number of rotatable bonds is 7. The van der Waals surface area contributed by atoms with E-state index >= 15 is 0 Å². The topological polar surface area (TPSA) is 75.4 Å². The van der Waals surface area contributed by atoms with Gasteiger partial charge in [0.05, 0.1) is 6.54 Å². The van der Waals surface area contributed by atoms with E-state index in [1.165, 1.54) is 4.90 Å². The smallest absolute Gasteiger partial charge is 0.240 e. The molecule has 0 aromatic rings. The first-order valence-corrected chi connectivity index (χ1v) is 7.34. The minimum absolute atomic E-state index is 0.0127. The van der Waals surface area contributed by atoms with Crippen molar-refractivity contribution in [2.45, 2.75) is 65.5 Å². The van der Waals surface area contributed by atoms with E-state index in [2.05, 4.69) is 5.32 Å². The van der Waals surface area contributed by atoms with Crippen molar-refractivity contribution in [3.05, 3.63) is 0 Å². The van der Waals surface area contributed by atoms with Gasteiger partial charge in [0.2, 0.25) is 11.8 Å². The molecule has 0 aliphatic rings. The molecule has 0 heterocycles. The fourth-order valence-corrected chi connectivity index (χ4v) is 2.00. The van der Waals surface area contributed by atoms with Crippen LogP contribution in [0.4, 0.5) is 0 Å². The molecule has 2 unspecified atom stereocenters. The lowest BCUT2D eigenvalue weighted by atomic mass is 10.0. The molecule has 5 heteroatoms. The minimum Gasteiger partial charge on any atom is -0.350 e. The van der Waals surface area contributed by atoms with Crippen LogP contribution in [0.3, 0.4) is 0 Å². The molecule has 0 saturated heterocycles. The number of amides is 2. The normalized spacial score (nSPS) is 14.6. The Morgan fingerprint density at radius 1 is 1.20 bits per heavy atom. The molecule has 0 aliphatic carbocycles. The maximum absolute atomic E-state index is 12.1. The fraction of sp³-hybridized carbons (Fsp3) is 0.867. The molecule has 0 fully saturated rings. The molecular formula is C15H31N3O2. The summed E-state index contributed by atoms with van der Waals surface area (Å²) in [4.78, 5) is 25.4. The third kappa shape index (κ3) is 8.91. The Morgan fingerprint density at radius 3 is 2.20 bits per heavy atom. The maximum atomic E-state index is 12.1. The van der Waals surface area contributed by atoms with E-state index in [-0.39, 0.29) is 35.9 Å². The van der Waals surface area contributed by atoms with Crippen molar-refractivity contribution in [3.8, 4) is 0 Å². The van der Waals surface area contributed by atoms with Crippen molar-refractivity contribution in [3.63, 3.8) is 0 Å². The van der Waals surface area contributed by atoms with Gasteiger partial charge in [0.1, 0.15) is 0 Å². The van der Waals surface area contributed by atoms with Gasteiger partial charge in [-0.25, -0.2) is 0 Å². The van der Waals surface area contributed by atoms with Crippen LogP contribution in [-0.4, -0.2) is 41.9 Å². The van der Waals surface area contributed by atoms with Crippen LogP contribution in [0.5, 0.6) is 0 Å². The van der Waals surface area contributed by atoms with Crippen molar-refractivity contribution in [1.29, 1.82) is 0 Å². The summed E-state index contributed by atoms with van der Waals surface area (Å²) >= 11 is 0. The zero-order chi connectivity index (χ0) is 15.9. The summed E-state index contributed by atoms with van der Waals surface area (Å²) in [7, 11) is 1.67. The number of nitrogens with one attached hydrogen (secondary N) is 1. The molecule has 0 aromatic carbocycles. The lowest BCUT2D eigenvalue weighted by Crippen LogP contribution is -2.47. The summed E-state index contributed by atoms with van der Waals surface area (Å²) in [6.07, 6.45) is 2.67. The number of likely N-dealkylation sites (N-methyl/N-ethyl adjacent to an activating group) is 1. The Hall–Kier alpha value is -1.10. The van der Waals surface area contributed by atoms with E-state index < -0.39 is 0 Å². The Bertz CT molecular complexity index is 322. The van der Waals surface area contributed by atoms with Gasteiger partial charge in [0.15, 0.2) is 0 Å². The highest BCUT2D eigenvalue weighted by molar-refractivity contribution is 5.85. The summed E-state index contributed by atoms with van der Waals surface area (Å²) in [5.41, 5.74) is 5.42. The molecule has 118 valence electrons. The second-order valence-electron chi connectivity index (χ2n) is 6.80. The molecule has 0 spiro atoms. The van der Waals surface area contributed by atoms with Crippen LogP contribution in [-0.2, 0) is 9.59 Å². The predicted molar refractivity (Wildman–Crippen MR) is 82.2 cm³/mol. The fourth-order valence-electron chi connectivity index (χ4n) is 2.00. The van der Waals surface area contributed by atoms with Crippen molar-refractivity contribution in [2.75, 3.05) is 13.6 Å². The second-order valence-corrected chi connectivity index (χ2v) is 6.80. The van der Waals surface area contributed by atoms with Crippen LogP contribution in [0.1, 0.15) is 53.9 Å². The van der Waals surface area contributed by atoms with Gasteiger partial charge < -0.3 is 16.0 Å². The molecular weight excluding hydrogens is 254 g/mol. The van der Waals surface area contributed by atoms with E-state index in [4.69, 9.17) is 5.73 Å². The Balaban J connectivity index is 4.16. The first kappa shape index (κ1) is 18.9. The predicted octanol–water partition coefficient (Wildman–Crippen LogP) is 1.51. The van der Waals surface area contributed by atoms with Gasteiger partial charge in [-0.15, -0.1) is 0 Å². The third-order valence-electron chi connectivity index (χ3n) is 2.99. The SMILES string of the molecule is CC(N)CCCC(C)C(=O)N(C)CC(=O)NC(C)(C)C. The molecule has 0 rings (SSSR count). The molecule has 2 atom stereocenters. The van der Waals surface area contributed by atoms with Crippen molar-refractivity contribution < 1.29 is 9.59 Å². The minimum atomic E-state index is -0.274. The van der Waals surface area contributed by atoms with Crippen molar-refractivity contribution >= 4 is 11.8 Å². The second kappa shape index (κ2) is 8.25. The first-order valence-electron chi connectivity index (χ1n) is 7.34. The number of carbonyl (C=O) groups excluding carboxylic acids is 2. The van der Waals surface area contributed by atoms with Gasteiger partial charge in [-0.2, -0.15) is 0 Å². The number of nitrogens with two attached hydrogens (primary N) is 1. The highest BCUT2D eigenvalue weighted by Crippen LogP contribution is 2.11. The quantitative estimate of drug-likeness (QED) is 0.744. The standard InChI is InChI=1S/C15H31N3O2/c1-11(8-7-9-12(2)16)14(20)18(6)10-13(19)17-15(3,4)5/h11-12H,7-10,16H2,1-6H3,(H,17,19). The summed E-state index contributed by atoms with van der Waals surface area (Å²) in [6, 6.07) is 0.174. The van der Waals surface area contributed by atoms with Crippen molar-refractivity contribution in [1.82, 2.24) is 10.2 Å².